The molecule has 3 N–H and O–H groups in total. The van der Waals surface area contributed by atoms with E-state index in [9.17, 15) is 13.2 Å². The second-order valence-electron chi connectivity index (χ2n) is 7.60. The fourth-order valence-electron chi connectivity index (χ4n) is 4.01. The van der Waals surface area contributed by atoms with Gasteiger partial charge in [-0.25, -0.2) is 0 Å². The normalized spacial score (nSPS) is 20.1. The van der Waals surface area contributed by atoms with Crippen molar-refractivity contribution < 1.29 is 13.2 Å². The van der Waals surface area contributed by atoms with E-state index in [2.05, 4.69) is 9.82 Å². The number of fused-ring (bicyclic) bond motifs is 1. The number of rotatable bonds is 6. The van der Waals surface area contributed by atoms with E-state index in [1.54, 1.807) is 11.1 Å². The van der Waals surface area contributed by atoms with Crippen LogP contribution in [0.4, 0.5) is 0 Å². The first-order valence-corrected chi connectivity index (χ1v) is 11.4. The summed E-state index contributed by atoms with van der Waals surface area (Å²) in [5, 5.41) is 3.52. The summed E-state index contributed by atoms with van der Waals surface area (Å²) in [5.74, 6) is 5.00. The van der Waals surface area contributed by atoms with Gasteiger partial charge in [-0.3, -0.25) is 4.79 Å². The number of likely N-dealkylation sites (tertiary alicyclic amines) is 1. The number of carbonyl (C=O) groups excluding carboxylic acids is 1. The number of hydrogen-bond donors (Lipinski definition) is 2. The monoisotopic (exact) mass is 427 g/mol. The predicted octanol–water partition coefficient (Wildman–Crippen LogP) is 0.973. The third-order valence-electron chi connectivity index (χ3n) is 5.57. The molecule has 2 aromatic carbocycles. The maximum Gasteiger partial charge on any atom is 0.280 e. The number of nitrogens with one attached hydrogen (secondary N) is 1. The molecule has 0 aromatic heterocycles. The SMILES string of the molecule is NN=Cc1cccc(CN2CC[C@H](NS(=O)(=O)N3CCc4ccccc4C3)C2=O)c1. The van der Waals surface area contributed by atoms with Gasteiger partial charge in [0.15, 0.2) is 0 Å². The van der Waals surface area contributed by atoms with Gasteiger partial charge in [-0.05, 0) is 41.2 Å². The zero-order chi connectivity index (χ0) is 21.1. The molecule has 8 nitrogen and oxygen atoms in total. The zero-order valence-electron chi connectivity index (χ0n) is 16.6. The van der Waals surface area contributed by atoms with Crippen LogP contribution in [-0.2, 0) is 34.5 Å². The summed E-state index contributed by atoms with van der Waals surface area (Å²) in [4.78, 5) is 14.5. The van der Waals surface area contributed by atoms with Gasteiger partial charge in [-0.1, -0.05) is 42.5 Å². The predicted molar refractivity (Wildman–Crippen MR) is 115 cm³/mol. The molecule has 1 saturated heterocycles. The number of benzene rings is 2. The molecule has 2 heterocycles. The molecule has 4 rings (SSSR count). The van der Waals surface area contributed by atoms with Gasteiger partial charge in [0.1, 0.15) is 6.04 Å². The Hall–Kier alpha value is -2.75. The molecule has 1 atom stereocenters. The molecular weight excluding hydrogens is 402 g/mol. The van der Waals surface area contributed by atoms with E-state index in [1.165, 1.54) is 9.87 Å². The van der Waals surface area contributed by atoms with Gasteiger partial charge in [0.2, 0.25) is 5.91 Å². The summed E-state index contributed by atoms with van der Waals surface area (Å²) in [7, 11) is -3.75. The van der Waals surface area contributed by atoms with Gasteiger partial charge in [0.25, 0.3) is 10.2 Å². The molecule has 1 amide bonds. The second kappa shape index (κ2) is 8.55. The van der Waals surface area contributed by atoms with Crippen LogP contribution >= 0.6 is 0 Å². The number of nitrogens with zero attached hydrogens (tertiary/aromatic N) is 3. The van der Waals surface area contributed by atoms with E-state index in [-0.39, 0.29) is 5.91 Å². The fourth-order valence-corrected chi connectivity index (χ4v) is 5.38. The Kier molecular flexibility index (Phi) is 5.85. The molecule has 0 bridgehead atoms. The molecule has 0 radical (unpaired) electrons. The summed E-state index contributed by atoms with van der Waals surface area (Å²) in [6.45, 7) is 1.66. The van der Waals surface area contributed by atoms with Crippen LogP contribution in [0.5, 0.6) is 0 Å². The van der Waals surface area contributed by atoms with Crippen LogP contribution in [0.1, 0.15) is 28.7 Å². The molecule has 0 saturated carbocycles. The van der Waals surface area contributed by atoms with E-state index in [1.807, 2.05) is 48.5 Å². The van der Waals surface area contributed by atoms with Gasteiger partial charge < -0.3 is 10.7 Å². The number of hydrazone groups is 1. The Morgan fingerprint density at radius 2 is 1.93 bits per heavy atom. The molecule has 30 heavy (non-hydrogen) atoms. The van der Waals surface area contributed by atoms with Crippen LogP contribution in [0.3, 0.4) is 0 Å². The summed E-state index contributed by atoms with van der Waals surface area (Å²) >= 11 is 0. The molecule has 0 unspecified atom stereocenters. The lowest BCUT2D eigenvalue weighted by Crippen LogP contribution is -2.49. The molecule has 2 aliphatic heterocycles. The molecule has 1 fully saturated rings. The molecule has 9 heteroatoms. The van der Waals surface area contributed by atoms with E-state index >= 15 is 0 Å². The van der Waals surface area contributed by atoms with Crippen LogP contribution in [-0.4, -0.2) is 48.9 Å². The Morgan fingerprint density at radius 3 is 2.73 bits per heavy atom. The lowest BCUT2D eigenvalue weighted by Gasteiger charge is -2.29. The average Bonchev–Trinajstić information content (AvgIpc) is 3.07. The van der Waals surface area contributed by atoms with Crippen molar-refractivity contribution in [3.05, 3.63) is 70.8 Å². The Morgan fingerprint density at radius 1 is 1.13 bits per heavy atom. The Labute approximate surface area is 176 Å². The first-order chi connectivity index (χ1) is 14.5. The highest BCUT2D eigenvalue weighted by atomic mass is 32.2. The van der Waals surface area contributed by atoms with Gasteiger partial charge in [-0.15, -0.1) is 0 Å². The smallest absolute Gasteiger partial charge is 0.280 e. The minimum absolute atomic E-state index is 0.200. The van der Waals surface area contributed by atoms with Crippen LogP contribution in [0.25, 0.3) is 0 Å². The van der Waals surface area contributed by atoms with Crippen LogP contribution in [0.15, 0.2) is 53.6 Å². The number of carbonyl (C=O) groups is 1. The molecule has 2 aromatic rings. The van der Waals surface area contributed by atoms with E-state index < -0.39 is 16.3 Å². The van der Waals surface area contributed by atoms with Gasteiger partial charge in [0.05, 0.1) is 6.21 Å². The highest BCUT2D eigenvalue weighted by Gasteiger charge is 2.37. The van der Waals surface area contributed by atoms with Crippen LogP contribution in [0.2, 0.25) is 0 Å². The summed E-state index contributed by atoms with van der Waals surface area (Å²) in [5.41, 5.74) is 3.98. The zero-order valence-corrected chi connectivity index (χ0v) is 17.4. The first-order valence-electron chi connectivity index (χ1n) is 9.91. The second-order valence-corrected chi connectivity index (χ2v) is 9.30. The summed E-state index contributed by atoms with van der Waals surface area (Å²) < 4.78 is 29.8. The topological polar surface area (TPSA) is 108 Å². The third kappa shape index (κ3) is 4.38. The van der Waals surface area contributed by atoms with Crippen molar-refractivity contribution in [2.45, 2.75) is 32.0 Å². The van der Waals surface area contributed by atoms with Crippen molar-refractivity contribution in [2.75, 3.05) is 13.1 Å². The third-order valence-corrected chi connectivity index (χ3v) is 7.15. The minimum Gasteiger partial charge on any atom is -0.337 e. The van der Waals surface area contributed by atoms with Crippen molar-refractivity contribution in [3.8, 4) is 0 Å². The van der Waals surface area contributed by atoms with Crippen molar-refractivity contribution in [1.29, 1.82) is 0 Å². The maximum absolute atomic E-state index is 12.9. The molecule has 158 valence electrons. The maximum atomic E-state index is 12.9. The Bertz CT molecular complexity index is 1070. The summed E-state index contributed by atoms with van der Waals surface area (Å²) in [6, 6.07) is 14.7. The number of nitrogens with two attached hydrogens (primary N) is 1. The molecular formula is C21H25N5O3S. The Balaban J connectivity index is 1.40. The van der Waals surface area contributed by atoms with E-state index in [4.69, 9.17) is 5.84 Å². The molecule has 0 aliphatic carbocycles. The van der Waals surface area contributed by atoms with E-state index in [0.717, 1.165) is 16.7 Å². The quantitative estimate of drug-likeness (QED) is 0.407. The number of hydrogen-bond acceptors (Lipinski definition) is 5. The molecule has 2 aliphatic rings. The lowest BCUT2D eigenvalue weighted by atomic mass is 10.0. The largest absolute Gasteiger partial charge is 0.337 e. The van der Waals surface area contributed by atoms with Gasteiger partial charge in [-0.2, -0.15) is 22.5 Å². The summed E-state index contributed by atoms with van der Waals surface area (Å²) in [6.07, 6.45) is 2.67. The fraction of sp³-hybridized carbons (Fsp3) is 0.333. The average molecular weight is 428 g/mol. The lowest BCUT2D eigenvalue weighted by molar-refractivity contribution is -0.129. The highest BCUT2D eigenvalue weighted by molar-refractivity contribution is 7.87. The van der Waals surface area contributed by atoms with Crippen molar-refractivity contribution in [1.82, 2.24) is 13.9 Å². The molecule has 0 spiro atoms. The highest BCUT2D eigenvalue weighted by Crippen LogP contribution is 2.22. The van der Waals surface area contributed by atoms with Crippen molar-refractivity contribution in [2.24, 2.45) is 10.9 Å². The van der Waals surface area contributed by atoms with Gasteiger partial charge >= 0.3 is 0 Å². The number of amides is 1. The van der Waals surface area contributed by atoms with Crippen LogP contribution < -0.4 is 10.6 Å². The first kappa shape index (κ1) is 20.5. The van der Waals surface area contributed by atoms with Crippen molar-refractivity contribution in [3.63, 3.8) is 0 Å². The van der Waals surface area contributed by atoms with Crippen LogP contribution in [0, 0.1) is 0 Å². The standard InChI is InChI=1S/C21H25N5O3S/c22-23-13-16-4-3-5-17(12-16)14-25-10-9-20(21(25)27)24-30(28,29)26-11-8-18-6-1-2-7-19(18)15-26/h1-7,12-13,20,24H,8-11,14-15,22H2/t20-/m0/s1. The minimum atomic E-state index is -3.75. The van der Waals surface area contributed by atoms with Crippen molar-refractivity contribution >= 4 is 22.3 Å². The van der Waals surface area contributed by atoms with E-state index in [0.29, 0.717) is 39.0 Å². The van der Waals surface area contributed by atoms with Gasteiger partial charge in [0, 0.05) is 26.2 Å².